The quantitative estimate of drug-likeness (QED) is 0.474. The van der Waals surface area contributed by atoms with Crippen molar-refractivity contribution in [2.75, 3.05) is 20.6 Å². The van der Waals surface area contributed by atoms with Gasteiger partial charge in [0, 0.05) is 36.4 Å². The lowest BCUT2D eigenvalue weighted by Gasteiger charge is -2.64. The van der Waals surface area contributed by atoms with Crippen LogP contribution in [0.5, 0.6) is 5.75 Å². The smallest absolute Gasteiger partial charge is 0.220 e. The molecule has 0 saturated carbocycles. The first-order valence-electron chi connectivity index (χ1n) is 13.6. The van der Waals surface area contributed by atoms with Crippen molar-refractivity contribution in [1.82, 2.24) is 14.4 Å². The van der Waals surface area contributed by atoms with E-state index in [0.717, 1.165) is 31.6 Å². The predicted octanol–water partition coefficient (Wildman–Crippen LogP) is 5.61. The Kier molecular flexibility index (Phi) is 5.15. The molecule has 1 amide bonds. The fraction of sp³-hybridized carbons (Fsp3) is 0.516. The fourth-order valence-electron chi connectivity index (χ4n) is 8.17. The summed E-state index contributed by atoms with van der Waals surface area (Å²) in [7, 11) is 4.21. The first-order valence-corrected chi connectivity index (χ1v) is 13.6. The Bertz CT molecular complexity index is 1390. The van der Waals surface area contributed by atoms with Gasteiger partial charge in [-0.15, -0.1) is 0 Å². The molecule has 190 valence electrons. The average Bonchev–Trinajstić information content (AvgIpc) is 3.37. The summed E-state index contributed by atoms with van der Waals surface area (Å²) in [6, 6.07) is 13.8. The summed E-state index contributed by atoms with van der Waals surface area (Å²) in [5.41, 5.74) is 8.18. The number of aryl methyl sites for hydroxylation is 1. The van der Waals surface area contributed by atoms with Gasteiger partial charge in [-0.05, 0) is 62.5 Å². The van der Waals surface area contributed by atoms with E-state index in [1.54, 1.807) is 6.92 Å². The van der Waals surface area contributed by atoms with Gasteiger partial charge in [-0.3, -0.25) is 4.79 Å². The van der Waals surface area contributed by atoms with Gasteiger partial charge in [0.1, 0.15) is 11.9 Å². The van der Waals surface area contributed by atoms with Crippen LogP contribution in [0.25, 0.3) is 10.9 Å². The molecule has 7 rings (SSSR count). The number of piperidine rings is 1. The van der Waals surface area contributed by atoms with E-state index in [1.807, 2.05) is 25.8 Å². The number of carbonyl (C=O) groups is 1. The molecule has 1 aromatic heterocycles. The largest absolute Gasteiger partial charge is 0.483 e. The minimum Gasteiger partial charge on any atom is -0.483 e. The highest BCUT2D eigenvalue weighted by molar-refractivity contribution is 5.87. The van der Waals surface area contributed by atoms with Crippen LogP contribution in [0.15, 0.2) is 36.4 Å². The van der Waals surface area contributed by atoms with Gasteiger partial charge in [-0.25, -0.2) is 0 Å². The molecule has 3 heterocycles. The van der Waals surface area contributed by atoms with Crippen molar-refractivity contribution in [3.8, 4) is 5.75 Å². The summed E-state index contributed by atoms with van der Waals surface area (Å²) < 4.78 is 9.49. The van der Waals surface area contributed by atoms with E-state index in [1.165, 1.54) is 38.9 Å². The Labute approximate surface area is 215 Å². The average molecular weight is 486 g/mol. The zero-order valence-electron chi connectivity index (χ0n) is 22.8. The number of ether oxygens (including phenoxy) is 1. The van der Waals surface area contributed by atoms with Crippen LogP contribution in [-0.4, -0.2) is 47.0 Å². The normalized spacial score (nSPS) is 29.1. The lowest BCUT2D eigenvalue weighted by Crippen LogP contribution is -2.68. The summed E-state index contributed by atoms with van der Waals surface area (Å²) in [5.74, 6) is 1.21. The molecule has 1 fully saturated rings. The third-order valence-corrected chi connectivity index (χ3v) is 9.93. The third kappa shape index (κ3) is 2.67. The van der Waals surface area contributed by atoms with Crippen LogP contribution < -0.4 is 4.74 Å². The van der Waals surface area contributed by atoms with Gasteiger partial charge in [0.05, 0.1) is 23.3 Å². The molecular weight excluding hydrogens is 446 g/mol. The molecule has 3 aromatic rings. The van der Waals surface area contributed by atoms with Gasteiger partial charge in [0.2, 0.25) is 5.91 Å². The van der Waals surface area contributed by atoms with E-state index >= 15 is 0 Å². The van der Waals surface area contributed by atoms with E-state index in [9.17, 15) is 4.79 Å². The van der Waals surface area contributed by atoms with Crippen molar-refractivity contribution in [3.63, 3.8) is 0 Å². The molecule has 2 bridgehead atoms. The minimum absolute atomic E-state index is 0.0274. The maximum Gasteiger partial charge on any atom is 0.220 e. The number of para-hydroxylation sites is 1. The summed E-state index contributed by atoms with van der Waals surface area (Å²) in [6.07, 6.45) is 3.21. The predicted molar refractivity (Wildman–Crippen MR) is 145 cm³/mol. The van der Waals surface area contributed by atoms with Crippen molar-refractivity contribution < 1.29 is 9.53 Å². The van der Waals surface area contributed by atoms with E-state index in [2.05, 4.69) is 66.8 Å². The Morgan fingerprint density at radius 2 is 1.94 bits per heavy atom. The second-order valence-electron chi connectivity index (χ2n) is 11.4. The number of carbonyl (C=O) groups excluding carboxylic acids is 1. The van der Waals surface area contributed by atoms with Gasteiger partial charge < -0.3 is 19.1 Å². The van der Waals surface area contributed by atoms with Gasteiger partial charge in [0.15, 0.2) is 0 Å². The molecule has 5 heteroatoms. The molecular formula is C31H39N3O2. The number of rotatable bonds is 2. The molecule has 2 aliphatic heterocycles. The van der Waals surface area contributed by atoms with E-state index in [-0.39, 0.29) is 22.8 Å². The lowest BCUT2D eigenvalue weighted by molar-refractivity contribution is -0.129. The number of benzene rings is 2. The van der Waals surface area contributed by atoms with Crippen molar-refractivity contribution in [2.45, 2.75) is 78.1 Å². The molecule has 0 radical (unpaired) electrons. The fourth-order valence-corrected chi connectivity index (χ4v) is 8.17. The summed E-state index contributed by atoms with van der Waals surface area (Å²) >= 11 is 0. The molecule has 4 aliphatic rings. The first-order chi connectivity index (χ1) is 17.3. The van der Waals surface area contributed by atoms with E-state index in [0.29, 0.717) is 12.7 Å². The van der Waals surface area contributed by atoms with Crippen molar-refractivity contribution in [2.24, 2.45) is 5.41 Å². The van der Waals surface area contributed by atoms with Crippen LogP contribution in [0.2, 0.25) is 0 Å². The van der Waals surface area contributed by atoms with Crippen LogP contribution in [0.1, 0.15) is 68.2 Å². The molecule has 36 heavy (non-hydrogen) atoms. The number of likely N-dealkylation sites (N-methyl/N-ethyl adjacent to an activating group) is 1. The van der Waals surface area contributed by atoms with Gasteiger partial charge >= 0.3 is 0 Å². The van der Waals surface area contributed by atoms with Gasteiger partial charge in [-0.1, -0.05) is 51.1 Å². The van der Waals surface area contributed by atoms with Gasteiger partial charge in [0.25, 0.3) is 0 Å². The van der Waals surface area contributed by atoms with Crippen LogP contribution >= 0.6 is 0 Å². The lowest BCUT2D eigenvalue weighted by atomic mass is 9.44. The van der Waals surface area contributed by atoms with E-state index in [4.69, 9.17) is 4.74 Å². The van der Waals surface area contributed by atoms with Crippen LogP contribution in [-0.2, 0) is 29.7 Å². The summed E-state index contributed by atoms with van der Waals surface area (Å²) in [4.78, 5) is 16.7. The number of hydrogen-bond donors (Lipinski definition) is 0. The van der Waals surface area contributed by atoms with Crippen molar-refractivity contribution in [3.05, 3.63) is 64.3 Å². The number of amides is 1. The highest BCUT2D eigenvalue weighted by Crippen LogP contribution is 2.71. The standard InChI is InChI=1S/C29H33N3O2.C2H6/c1-17-10-11-19-14-23-28(3)15-21-20-8-6-7-9-22(20)32(16-31(5)18(2)33)25(21)27-29(28,12-13-30(23)4)24(19)26(17)34-27;1-2/h6-11,23,27H,12-16H2,1-5H3;1-2H3/t23-,27+,28+,29+;/m1./s1. The molecule has 1 spiro atoms. The zero-order chi connectivity index (χ0) is 25.6. The van der Waals surface area contributed by atoms with Crippen LogP contribution in [0.3, 0.4) is 0 Å². The molecule has 1 saturated heterocycles. The Hall–Kier alpha value is -2.79. The highest BCUT2D eigenvalue weighted by Gasteiger charge is 2.70. The SMILES string of the molecule is CC.CC(=O)N(C)Cn1c2c(c3ccccc31)C[C@@]1(C)[C@H]3Cc4ccc(C)c5c4[C@@]1(CCN3C)[C@H]2O5. The monoisotopic (exact) mass is 485 g/mol. The highest BCUT2D eigenvalue weighted by atomic mass is 16.5. The maximum atomic E-state index is 12.3. The second kappa shape index (κ2) is 7.85. The Morgan fingerprint density at radius 1 is 1.19 bits per heavy atom. The Balaban J connectivity index is 0.00000117. The molecule has 4 atom stereocenters. The maximum absolute atomic E-state index is 12.3. The summed E-state index contributed by atoms with van der Waals surface area (Å²) in [5, 5.41) is 1.31. The van der Waals surface area contributed by atoms with Crippen molar-refractivity contribution >= 4 is 16.8 Å². The first kappa shape index (κ1) is 23.6. The third-order valence-electron chi connectivity index (χ3n) is 9.93. The summed E-state index contributed by atoms with van der Waals surface area (Å²) in [6.45, 7) is 12.0. The molecule has 2 aliphatic carbocycles. The van der Waals surface area contributed by atoms with Crippen LogP contribution in [0, 0.1) is 12.3 Å². The van der Waals surface area contributed by atoms with Crippen LogP contribution in [0.4, 0.5) is 0 Å². The van der Waals surface area contributed by atoms with Crippen molar-refractivity contribution in [1.29, 1.82) is 0 Å². The molecule has 5 nitrogen and oxygen atoms in total. The number of nitrogens with zero attached hydrogens (tertiary/aromatic N) is 3. The number of likely N-dealkylation sites (tertiary alicyclic amines) is 1. The second-order valence-corrected chi connectivity index (χ2v) is 11.4. The zero-order valence-corrected chi connectivity index (χ0v) is 22.8. The molecule has 2 aromatic carbocycles. The Morgan fingerprint density at radius 3 is 2.69 bits per heavy atom. The molecule has 0 N–H and O–H groups in total. The topological polar surface area (TPSA) is 37.7 Å². The molecule has 0 unspecified atom stereocenters. The number of aromatic nitrogens is 1. The minimum atomic E-state index is -0.0347. The number of fused-ring (bicyclic) bond motifs is 4. The number of hydrogen-bond acceptors (Lipinski definition) is 3. The van der Waals surface area contributed by atoms with Gasteiger partial charge in [-0.2, -0.15) is 0 Å². The van der Waals surface area contributed by atoms with E-state index < -0.39 is 0 Å².